The number of nitrogens with one attached hydrogen (secondary N) is 2. The fourth-order valence-electron chi connectivity index (χ4n) is 3.21. The van der Waals surface area contributed by atoms with Crippen molar-refractivity contribution in [2.45, 2.75) is 0 Å². The molecular formula is C19H23N4O4+. The highest BCUT2D eigenvalue weighted by molar-refractivity contribution is 5.93. The van der Waals surface area contributed by atoms with Gasteiger partial charge in [-0.25, -0.2) is 0 Å². The molecular weight excluding hydrogens is 348 g/mol. The van der Waals surface area contributed by atoms with Crippen LogP contribution < -0.4 is 19.9 Å². The predicted octanol–water partition coefficient (Wildman–Crippen LogP) is 0.947. The number of rotatable bonds is 6. The summed E-state index contributed by atoms with van der Waals surface area (Å²) in [4.78, 5) is 26.3. The van der Waals surface area contributed by atoms with Gasteiger partial charge in [0.15, 0.2) is 6.54 Å². The van der Waals surface area contributed by atoms with Crippen molar-refractivity contribution in [1.82, 2.24) is 0 Å². The van der Waals surface area contributed by atoms with Crippen LogP contribution in [0.4, 0.5) is 17.1 Å². The standard InChI is InChI=1S/C19H22N4O4/c1-27-16-8-6-15(7-9-16)22-12-10-21(11-13-22)14-19(24)20-17-4-2-3-5-18(17)23(25)26/h2-9H,10-14H2,1H3,(H,20,24)/p+1. The van der Waals surface area contributed by atoms with Crippen LogP contribution in [0.2, 0.25) is 0 Å². The van der Waals surface area contributed by atoms with E-state index in [1.807, 2.05) is 24.3 Å². The highest BCUT2D eigenvalue weighted by Crippen LogP contribution is 2.23. The average Bonchev–Trinajstić information content (AvgIpc) is 2.69. The van der Waals surface area contributed by atoms with Crippen LogP contribution in [0.5, 0.6) is 5.75 Å². The number of quaternary nitrogens is 1. The van der Waals surface area contributed by atoms with Crippen molar-refractivity contribution >= 4 is 23.0 Å². The van der Waals surface area contributed by atoms with Crippen LogP contribution >= 0.6 is 0 Å². The number of nitro benzene ring substituents is 1. The Morgan fingerprint density at radius 2 is 1.85 bits per heavy atom. The molecule has 1 aliphatic heterocycles. The number of anilines is 2. The Morgan fingerprint density at radius 1 is 1.19 bits per heavy atom. The lowest BCUT2D eigenvalue weighted by Gasteiger charge is -2.33. The van der Waals surface area contributed by atoms with Gasteiger partial charge < -0.3 is 19.9 Å². The fourth-order valence-corrected chi connectivity index (χ4v) is 3.21. The van der Waals surface area contributed by atoms with Crippen LogP contribution in [0, 0.1) is 10.1 Å². The number of methoxy groups -OCH3 is 1. The number of para-hydroxylation sites is 2. The maximum atomic E-state index is 12.3. The monoisotopic (exact) mass is 371 g/mol. The number of nitrogens with zero attached hydrogens (tertiary/aromatic N) is 2. The summed E-state index contributed by atoms with van der Waals surface area (Å²) >= 11 is 0. The minimum Gasteiger partial charge on any atom is -0.497 e. The van der Waals surface area contributed by atoms with E-state index in [1.54, 1.807) is 25.3 Å². The Hall–Kier alpha value is -3.13. The first kappa shape index (κ1) is 18.7. The molecule has 0 unspecified atom stereocenters. The SMILES string of the molecule is COc1ccc(N2CC[NH+](CC(=O)Nc3ccccc3[N+](=O)[O-])CC2)cc1. The molecule has 1 aliphatic rings. The van der Waals surface area contributed by atoms with Gasteiger partial charge in [0.1, 0.15) is 11.4 Å². The smallest absolute Gasteiger partial charge is 0.292 e. The molecule has 1 saturated heterocycles. The number of ether oxygens (including phenoxy) is 1. The van der Waals surface area contributed by atoms with Crippen molar-refractivity contribution < 1.29 is 19.4 Å². The van der Waals surface area contributed by atoms with Crippen molar-refractivity contribution in [3.8, 4) is 5.75 Å². The summed E-state index contributed by atoms with van der Waals surface area (Å²) in [7, 11) is 1.65. The Morgan fingerprint density at radius 3 is 2.48 bits per heavy atom. The van der Waals surface area contributed by atoms with Crippen LogP contribution in [0.25, 0.3) is 0 Å². The van der Waals surface area contributed by atoms with Gasteiger partial charge in [0.05, 0.1) is 38.2 Å². The molecule has 3 rings (SSSR count). The minimum absolute atomic E-state index is 0.0924. The van der Waals surface area contributed by atoms with Crippen LogP contribution in [-0.2, 0) is 4.79 Å². The van der Waals surface area contributed by atoms with Crippen molar-refractivity contribution in [2.24, 2.45) is 0 Å². The third kappa shape index (κ3) is 4.73. The van der Waals surface area contributed by atoms with Crippen LogP contribution in [-0.4, -0.2) is 50.7 Å². The lowest BCUT2D eigenvalue weighted by atomic mass is 10.2. The number of carbonyl (C=O) groups excluding carboxylic acids is 1. The van der Waals surface area contributed by atoms with Crippen molar-refractivity contribution in [1.29, 1.82) is 0 Å². The van der Waals surface area contributed by atoms with Gasteiger partial charge in [0.2, 0.25) is 0 Å². The van der Waals surface area contributed by atoms with Gasteiger partial charge in [-0.3, -0.25) is 14.9 Å². The molecule has 8 heteroatoms. The largest absolute Gasteiger partial charge is 0.497 e. The molecule has 1 heterocycles. The van der Waals surface area contributed by atoms with Gasteiger partial charge in [-0.05, 0) is 30.3 Å². The van der Waals surface area contributed by atoms with Gasteiger partial charge in [-0.2, -0.15) is 0 Å². The van der Waals surface area contributed by atoms with Crippen LogP contribution in [0.3, 0.4) is 0 Å². The molecule has 2 N–H and O–H groups in total. The predicted molar refractivity (Wildman–Crippen MR) is 102 cm³/mol. The summed E-state index contributed by atoms with van der Waals surface area (Å²) in [6.07, 6.45) is 0. The molecule has 1 amide bonds. The number of carbonyl (C=O) groups is 1. The molecule has 0 spiro atoms. The van der Waals surface area contributed by atoms with Crippen molar-refractivity contribution in [3.63, 3.8) is 0 Å². The van der Waals surface area contributed by atoms with E-state index in [0.717, 1.165) is 42.5 Å². The first-order valence-corrected chi connectivity index (χ1v) is 8.82. The van der Waals surface area contributed by atoms with Crippen molar-refractivity contribution in [2.75, 3.05) is 50.1 Å². The topological polar surface area (TPSA) is 89.2 Å². The number of hydrogen-bond donors (Lipinski definition) is 2. The highest BCUT2D eigenvalue weighted by Gasteiger charge is 2.23. The molecule has 8 nitrogen and oxygen atoms in total. The molecule has 142 valence electrons. The molecule has 27 heavy (non-hydrogen) atoms. The summed E-state index contributed by atoms with van der Waals surface area (Å²) in [6.45, 7) is 3.65. The number of piperazine rings is 1. The molecule has 0 aliphatic carbocycles. The quantitative estimate of drug-likeness (QED) is 0.583. The Kier molecular flexibility index (Phi) is 5.87. The highest BCUT2D eigenvalue weighted by atomic mass is 16.6. The van der Waals surface area contributed by atoms with Gasteiger partial charge in [0.25, 0.3) is 11.6 Å². The van der Waals surface area contributed by atoms with E-state index >= 15 is 0 Å². The molecule has 0 saturated carbocycles. The molecule has 0 radical (unpaired) electrons. The van der Waals surface area contributed by atoms with Crippen LogP contribution in [0.1, 0.15) is 0 Å². The number of nitro groups is 1. The maximum absolute atomic E-state index is 12.3. The Balaban J connectivity index is 1.51. The lowest BCUT2D eigenvalue weighted by Crippen LogP contribution is -3.15. The number of benzene rings is 2. The summed E-state index contributed by atoms with van der Waals surface area (Å²) in [6, 6.07) is 14.1. The van der Waals surface area contributed by atoms with E-state index in [2.05, 4.69) is 10.2 Å². The maximum Gasteiger partial charge on any atom is 0.292 e. The third-order valence-corrected chi connectivity index (χ3v) is 4.69. The van der Waals surface area contributed by atoms with E-state index in [0.29, 0.717) is 6.54 Å². The first-order valence-electron chi connectivity index (χ1n) is 8.82. The normalized spacial score (nSPS) is 14.6. The summed E-state index contributed by atoms with van der Waals surface area (Å²) in [5.41, 5.74) is 1.29. The molecule has 0 atom stereocenters. The van der Waals surface area contributed by atoms with E-state index in [9.17, 15) is 14.9 Å². The summed E-state index contributed by atoms with van der Waals surface area (Å²) in [5.74, 6) is 0.617. The Labute approximate surface area is 157 Å². The zero-order chi connectivity index (χ0) is 19.2. The second kappa shape index (κ2) is 8.50. The average molecular weight is 371 g/mol. The van der Waals surface area contributed by atoms with Crippen LogP contribution in [0.15, 0.2) is 48.5 Å². The fraction of sp³-hybridized carbons (Fsp3) is 0.316. The summed E-state index contributed by atoms with van der Waals surface area (Å²) in [5, 5.41) is 13.7. The minimum atomic E-state index is -0.490. The second-order valence-electron chi connectivity index (χ2n) is 6.43. The van der Waals surface area contributed by atoms with E-state index in [4.69, 9.17) is 4.74 Å². The Bertz CT molecular complexity index is 802. The van der Waals surface area contributed by atoms with Crippen molar-refractivity contribution in [3.05, 3.63) is 58.6 Å². The number of amides is 1. The zero-order valence-electron chi connectivity index (χ0n) is 15.2. The second-order valence-corrected chi connectivity index (χ2v) is 6.43. The zero-order valence-corrected chi connectivity index (χ0v) is 15.2. The summed E-state index contributed by atoms with van der Waals surface area (Å²) < 4.78 is 5.18. The number of hydrogen-bond acceptors (Lipinski definition) is 5. The molecule has 2 aromatic rings. The van der Waals surface area contributed by atoms with Gasteiger partial charge in [-0.15, -0.1) is 0 Å². The third-order valence-electron chi connectivity index (χ3n) is 4.69. The van der Waals surface area contributed by atoms with E-state index < -0.39 is 4.92 Å². The lowest BCUT2D eigenvalue weighted by molar-refractivity contribution is -0.892. The molecule has 0 bridgehead atoms. The van der Waals surface area contributed by atoms with E-state index in [-0.39, 0.29) is 17.3 Å². The first-order chi connectivity index (χ1) is 13.1. The molecule has 1 fully saturated rings. The van der Waals surface area contributed by atoms with Gasteiger partial charge >= 0.3 is 0 Å². The molecule has 2 aromatic carbocycles. The van der Waals surface area contributed by atoms with E-state index in [1.165, 1.54) is 6.07 Å². The molecule has 0 aromatic heterocycles. The van der Waals surface area contributed by atoms with Gasteiger partial charge in [0, 0.05) is 11.8 Å². The van der Waals surface area contributed by atoms with Gasteiger partial charge in [-0.1, -0.05) is 12.1 Å².